The van der Waals surface area contributed by atoms with Crippen LogP contribution in [-0.2, 0) is 9.59 Å². The van der Waals surface area contributed by atoms with E-state index in [1.165, 1.54) is 0 Å². The molecular formula is C12H13N5O2. The van der Waals surface area contributed by atoms with Gasteiger partial charge < -0.3 is 11.1 Å². The molecule has 7 heteroatoms. The lowest BCUT2D eigenvalue weighted by atomic mass is 10.2. The van der Waals surface area contributed by atoms with Gasteiger partial charge >= 0.3 is 0 Å². The van der Waals surface area contributed by atoms with Gasteiger partial charge in [0.1, 0.15) is 0 Å². The highest BCUT2D eigenvalue weighted by molar-refractivity contribution is 6.40. The number of ketones is 1. The Morgan fingerprint density at radius 2 is 2.00 bits per heavy atom. The molecule has 0 spiro atoms. The Morgan fingerprint density at radius 3 is 2.53 bits per heavy atom. The first kappa shape index (κ1) is 12.7. The SMILES string of the molecule is CCC(=O)C(=O)Nc1ccc(-c2nc(N)n[nH]2)cc1. The molecule has 98 valence electrons. The summed E-state index contributed by atoms with van der Waals surface area (Å²) in [5.41, 5.74) is 6.74. The van der Waals surface area contributed by atoms with Crippen LogP contribution in [0.4, 0.5) is 11.6 Å². The summed E-state index contributed by atoms with van der Waals surface area (Å²) in [6.07, 6.45) is 0.182. The Kier molecular flexibility index (Phi) is 3.56. The number of H-pyrrole nitrogens is 1. The van der Waals surface area contributed by atoms with E-state index in [2.05, 4.69) is 20.5 Å². The largest absolute Gasteiger partial charge is 0.366 e. The molecule has 0 aliphatic heterocycles. The zero-order valence-electron chi connectivity index (χ0n) is 10.3. The number of carbonyl (C=O) groups is 2. The molecule has 1 amide bonds. The van der Waals surface area contributed by atoms with Crippen molar-refractivity contribution in [2.24, 2.45) is 0 Å². The van der Waals surface area contributed by atoms with Gasteiger partial charge in [-0.15, -0.1) is 5.10 Å². The minimum atomic E-state index is -0.612. The Balaban J connectivity index is 2.11. The zero-order valence-corrected chi connectivity index (χ0v) is 10.3. The first-order valence-corrected chi connectivity index (χ1v) is 5.72. The standard InChI is InChI=1S/C12H13N5O2/c1-2-9(18)11(19)14-8-5-3-7(4-6-8)10-15-12(13)17-16-10/h3-6H,2H2,1H3,(H,14,19)(H3,13,15,16,17). The maximum atomic E-state index is 11.4. The van der Waals surface area contributed by atoms with Crippen LogP contribution in [0.1, 0.15) is 13.3 Å². The third-order valence-corrected chi connectivity index (χ3v) is 2.49. The summed E-state index contributed by atoms with van der Waals surface area (Å²) in [6.45, 7) is 1.64. The third kappa shape index (κ3) is 2.95. The van der Waals surface area contributed by atoms with Crippen molar-refractivity contribution >= 4 is 23.3 Å². The summed E-state index contributed by atoms with van der Waals surface area (Å²) in [5, 5.41) is 8.92. The molecule has 0 atom stereocenters. The number of nitrogens with two attached hydrogens (primary N) is 1. The number of amides is 1. The van der Waals surface area contributed by atoms with E-state index >= 15 is 0 Å². The molecule has 0 aliphatic rings. The fourth-order valence-electron chi connectivity index (χ4n) is 1.48. The topological polar surface area (TPSA) is 114 Å². The highest BCUT2D eigenvalue weighted by Crippen LogP contribution is 2.18. The molecule has 1 aromatic heterocycles. The van der Waals surface area contributed by atoms with Crippen molar-refractivity contribution in [3.05, 3.63) is 24.3 Å². The normalized spacial score (nSPS) is 10.2. The highest BCUT2D eigenvalue weighted by Gasteiger charge is 2.11. The molecule has 0 saturated heterocycles. The first-order valence-electron chi connectivity index (χ1n) is 5.72. The van der Waals surface area contributed by atoms with Gasteiger partial charge in [0.15, 0.2) is 5.82 Å². The smallest absolute Gasteiger partial charge is 0.291 e. The van der Waals surface area contributed by atoms with Gasteiger partial charge in [0.05, 0.1) is 0 Å². The van der Waals surface area contributed by atoms with E-state index in [9.17, 15) is 9.59 Å². The molecule has 0 fully saturated rings. The number of aromatic amines is 1. The molecule has 2 rings (SSSR count). The molecule has 2 aromatic rings. The number of rotatable bonds is 4. The second-order valence-electron chi connectivity index (χ2n) is 3.85. The second-order valence-corrected chi connectivity index (χ2v) is 3.85. The van der Waals surface area contributed by atoms with Crippen LogP contribution < -0.4 is 11.1 Å². The van der Waals surface area contributed by atoms with Crippen molar-refractivity contribution < 1.29 is 9.59 Å². The number of benzene rings is 1. The monoisotopic (exact) mass is 259 g/mol. The van der Waals surface area contributed by atoms with Gasteiger partial charge in [-0.1, -0.05) is 6.92 Å². The number of aromatic nitrogens is 3. The lowest BCUT2D eigenvalue weighted by Crippen LogP contribution is -2.21. The summed E-state index contributed by atoms with van der Waals surface area (Å²) >= 11 is 0. The second kappa shape index (κ2) is 5.30. The van der Waals surface area contributed by atoms with E-state index in [1.54, 1.807) is 31.2 Å². The van der Waals surface area contributed by atoms with Crippen LogP contribution in [0.15, 0.2) is 24.3 Å². The van der Waals surface area contributed by atoms with Gasteiger partial charge in [-0.25, -0.2) is 0 Å². The molecule has 19 heavy (non-hydrogen) atoms. The van der Waals surface area contributed by atoms with Crippen LogP contribution in [0.25, 0.3) is 11.4 Å². The summed E-state index contributed by atoms with van der Waals surface area (Å²) in [7, 11) is 0. The summed E-state index contributed by atoms with van der Waals surface area (Å²) in [4.78, 5) is 26.5. The Labute approximate surface area is 109 Å². The molecule has 4 N–H and O–H groups in total. The molecule has 1 aromatic carbocycles. The van der Waals surface area contributed by atoms with Gasteiger partial charge in [0, 0.05) is 17.7 Å². The van der Waals surface area contributed by atoms with Crippen molar-refractivity contribution in [2.45, 2.75) is 13.3 Å². The van der Waals surface area contributed by atoms with Crippen molar-refractivity contribution in [2.75, 3.05) is 11.1 Å². The number of anilines is 2. The summed E-state index contributed by atoms with van der Waals surface area (Å²) in [6, 6.07) is 6.84. The van der Waals surface area contributed by atoms with E-state index in [1.807, 2.05) is 0 Å². The van der Waals surface area contributed by atoms with Crippen LogP contribution in [0.3, 0.4) is 0 Å². The molecule has 1 heterocycles. The maximum absolute atomic E-state index is 11.4. The number of nitrogen functional groups attached to an aromatic ring is 1. The number of hydrogen-bond donors (Lipinski definition) is 3. The predicted octanol–water partition coefficient (Wildman–Crippen LogP) is 0.971. The van der Waals surface area contributed by atoms with Crippen LogP contribution in [0, 0.1) is 0 Å². The van der Waals surface area contributed by atoms with Crippen LogP contribution in [0.5, 0.6) is 0 Å². The highest BCUT2D eigenvalue weighted by atomic mass is 16.2. The van der Waals surface area contributed by atoms with E-state index in [-0.39, 0.29) is 12.4 Å². The number of nitrogens with one attached hydrogen (secondary N) is 2. The fourth-order valence-corrected chi connectivity index (χ4v) is 1.48. The number of nitrogens with zero attached hydrogens (tertiary/aromatic N) is 2. The third-order valence-electron chi connectivity index (χ3n) is 2.49. The lowest BCUT2D eigenvalue weighted by molar-refractivity contribution is -0.134. The Hall–Kier alpha value is -2.70. The van der Waals surface area contributed by atoms with Gasteiger partial charge in [0.25, 0.3) is 5.91 Å². The Bertz CT molecular complexity index is 603. The van der Waals surface area contributed by atoms with Crippen LogP contribution in [-0.4, -0.2) is 26.9 Å². The average molecular weight is 259 g/mol. The molecule has 0 saturated carbocycles. The fraction of sp³-hybridized carbons (Fsp3) is 0.167. The molecule has 7 nitrogen and oxygen atoms in total. The number of hydrogen-bond acceptors (Lipinski definition) is 5. The molecule has 0 bridgehead atoms. The summed E-state index contributed by atoms with van der Waals surface area (Å²) in [5.74, 6) is -0.354. The van der Waals surface area contributed by atoms with E-state index in [4.69, 9.17) is 5.73 Å². The van der Waals surface area contributed by atoms with Gasteiger partial charge in [-0.2, -0.15) is 4.98 Å². The predicted molar refractivity (Wildman–Crippen MR) is 70.2 cm³/mol. The lowest BCUT2D eigenvalue weighted by Gasteiger charge is -2.04. The Morgan fingerprint density at radius 1 is 1.32 bits per heavy atom. The van der Waals surface area contributed by atoms with E-state index < -0.39 is 11.7 Å². The van der Waals surface area contributed by atoms with Gasteiger partial charge in [-0.3, -0.25) is 14.7 Å². The van der Waals surface area contributed by atoms with Crippen LogP contribution >= 0.6 is 0 Å². The van der Waals surface area contributed by atoms with Crippen molar-refractivity contribution in [1.82, 2.24) is 15.2 Å². The minimum Gasteiger partial charge on any atom is -0.366 e. The molecule has 0 aliphatic carbocycles. The summed E-state index contributed by atoms with van der Waals surface area (Å²) < 4.78 is 0. The van der Waals surface area contributed by atoms with Gasteiger partial charge in [0.2, 0.25) is 11.7 Å². The first-order chi connectivity index (χ1) is 9.10. The average Bonchev–Trinajstić information content (AvgIpc) is 2.85. The zero-order chi connectivity index (χ0) is 13.8. The molecule has 0 unspecified atom stereocenters. The van der Waals surface area contributed by atoms with Crippen molar-refractivity contribution in [3.8, 4) is 11.4 Å². The van der Waals surface area contributed by atoms with Gasteiger partial charge in [-0.05, 0) is 24.3 Å². The van der Waals surface area contributed by atoms with Crippen molar-refractivity contribution in [1.29, 1.82) is 0 Å². The van der Waals surface area contributed by atoms with E-state index in [0.29, 0.717) is 11.5 Å². The van der Waals surface area contributed by atoms with Crippen molar-refractivity contribution in [3.63, 3.8) is 0 Å². The number of carbonyl (C=O) groups excluding carboxylic acids is 2. The number of Topliss-reactive ketones (excluding diaryl/α,β-unsaturated/α-hetero) is 1. The van der Waals surface area contributed by atoms with Crippen LogP contribution in [0.2, 0.25) is 0 Å². The van der Waals surface area contributed by atoms with E-state index in [0.717, 1.165) is 5.56 Å². The minimum absolute atomic E-state index is 0.168. The molecular weight excluding hydrogens is 246 g/mol. The molecule has 0 radical (unpaired) electrons. The maximum Gasteiger partial charge on any atom is 0.291 e. The quantitative estimate of drug-likeness (QED) is 0.708.